The number of benzene rings is 1. The van der Waals surface area contributed by atoms with Crippen LogP contribution in [0.5, 0.6) is 0 Å². The molecule has 6 heteroatoms. The zero-order valence-corrected chi connectivity index (χ0v) is 11.1. The molecule has 2 rings (SSSR count). The van der Waals surface area contributed by atoms with Gasteiger partial charge in [0.05, 0.1) is 0 Å². The number of halogens is 1. The monoisotopic (exact) mass is 279 g/mol. The highest BCUT2D eigenvalue weighted by Crippen LogP contribution is 2.26. The van der Waals surface area contributed by atoms with Gasteiger partial charge in [-0.3, -0.25) is 14.5 Å². The molecule has 0 saturated carbocycles. The lowest BCUT2D eigenvalue weighted by Gasteiger charge is -2.35. The molecule has 5 nitrogen and oxygen atoms in total. The second-order valence-electron chi connectivity index (χ2n) is 5.07. The van der Waals surface area contributed by atoms with Gasteiger partial charge in [0.1, 0.15) is 11.9 Å². The number of nitrogens with zero attached hydrogens (tertiary/aromatic N) is 1. The predicted molar refractivity (Wildman–Crippen MR) is 71.8 cm³/mol. The van der Waals surface area contributed by atoms with Gasteiger partial charge in [0.2, 0.25) is 11.8 Å². The zero-order valence-electron chi connectivity index (χ0n) is 11.1. The van der Waals surface area contributed by atoms with Crippen LogP contribution in [0, 0.1) is 11.7 Å². The van der Waals surface area contributed by atoms with E-state index in [1.54, 1.807) is 12.1 Å². The van der Waals surface area contributed by atoms with Crippen LogP contribution in [0.1, 0.15) is 24.4 Å². The van der Waals surface area contributed by atoms with E-state index in [1.165, 1.54) is 12.1 Å². The first-order valence-electron chi connectivity index (χ1n) is 6.57. The molecule has 0 bridgehead atoms. The van der Waals surface area contributed by atoms with Crippen molar-refractivity contribution in [1.29, 1.82) is 0 Å². The van der Waals surface area contributed by atoms with Gasteiger partial charge in [0.25, 0.3) is 0 Å². The average molecular weight is 279 g/mol. The first-order valence-corrected chi connectivity index (χ1v) is 6.57. The average Bonchev–Trinajstić information content (AvgIpc) is 2.41. The SMILES string of the molecule is NC(=O)C1CCN(C(C(N)=O)c2ccc(F)cc2)CC1. The van der Waals surface area contributed by atoms with Crippen LogP contribution < -0.4 is 11.5 Å². The van der Waals surface area contributed by atoms with E-state index in [9.17, 15) is 14.0 Å². The molecule has 1 saturated heterocycles. The van der Waals surface area contributed by atoms with Gasteiger partial charge in [-0.25, -0.2) is 4.39 Å². The van der Waals surface area contributed by atoms with Gasteiger partial charge >= 0.3 is 0 Å². The first-order chi connectivity index (χ1) is 9.49. The van der Waals surface area contributed by atoms with Crippen LogP contribution in [-0.2, 0) is 9.59 Å². The number of hydrogen-bond donors (Lipinski definition) is 2. The van der Waals surface area contributed by atoms with Crippen molar-refractivity contribution in [2.24, 2.45) is 17.4 Å². The predicted octanol–water partition coefficient (Wildman–Crippen LogP) is 0.549. The lowest BCUT2D eigenvalue weighted by atomic mass is 9.93. The van der Waals surface area contributed by atoms with Crippen molar-refractivity contribution >= 4 is 11.8 Å². The molecule has 0 aliphatic carbocycles. The van der Waals surface area contributed by atoms with E-state index in [1.807, 2.05) is 4.90 Å². The summed E-state index contributed by atoms with van der Waals surface area (Å²) >= 11 is 0. The van der Waals surface area contributed by atoms with Gasteiger partial charge in [-0.1, -0.05) is 12.1 Å². The molecule has 2 amide bonds. The molecule has 1 fully saturated rings. The van der Waals surface area contributed by atoms with Gasteiger partial charge < -0.3 is 11.5 Å². The molecule has 1 atom stereocenters. The van der Waals surface area contributed by atoms with Gasteiger partial charge in [0, 0.05) is 5.92 Å². The molecular formula is C14H18FN3O2. The minimum Gasteiger partial charge on any atom is -0.369 e. The Morgan fingerprint density at radius 3 is 2.15 bits per heavy atom. The summed E-state index contributed by atoms with van der Waals surface area (Å²) in [6.07, 6.45) is 1.22. The normalized spacial score (nSPS) is 18.6. The van der Waals surface area contributed by atoms with Gasteiger partial charge in [0.15, 0.2) is 0 Å². The number of amides is 2. The van der Waals surface area contributed by atoms with Crippen molar-refractivity contribution in [3.63, 3.8) is 0 Å². The topological polar surface area (TPSA) is 89.4 Å². The minimum absolute atomic E-state index is 0.145. The molecule has 0 aromatic heterocycles. The third kappa shape index (κ3) is 3.14. The lowest BCUT2D eigenvalue weighted by molar-refractivity contribution is -0.125. The molecule has 0 spiro atoms. The van der Waals surface area contributed by atoms with E-state index < -0.39 is 11.9 Å². The third-order valence-electron chi connectivity index (χ3n) is 3.75. The van der Waals surface area contributed by atoms with E-state index in [4.69, 9.17) is 11.5 Å². The van der Waals surface area contributed by atoms with Crippen molar-refractivity contribution in [2.45, 2.75) is 18.9 Å². The fourth-order valence-electron chi connectivity index (χ4n) is 2.64. The summed E-state index contributed by atoms with van der Waals surface area (Å²) in [6.45, 7) is 1.14. The van der Waals surface area contributed by atoms with Crippen LogP contribution in [0.2, 0.25) is 0 Å². The Bertz CT molecular complexity index is 496. The smallest absolute Gasteiger partial charge is 0.239 e. The summed E-state index contributed by atoms with van der Waals surface area (Å²) in [6, 6.07) is 5.14. The van der Waals surface area contributed by atoms with Crippen LogP contribution in [0.3, 0.4) is 0 Å². The molecule has 20 heavy (non-hydrogen) atoms. The van der Waals surface area contributed by atoms with Crippen LogP contribution in [0.4, 0.5) is 4.39 Å². The van der Waals surface area contributed by atoms with Crippen molar-refractivity contribution < 1.29 is 14.0 Å². The van der Waals surface area contributed by atoms with E-state index in [0.29, 0.717) is 31.5 Å². The second-order valence-corrected chi connectivity index (χ2v) is 5.07. The molecular weight excluding hydrogens is 261 g/mol. The van der Waals surface area contributed by atoms with Gasteiger partial charge in [-0.15, -0.1) is 0 Å². The summed E-state index contributed by atoms with van der Waals surface area (Å²) in [5.41, 5.74) is 11.4. The van der Waals surface area contributed by atoms with Crippen LogP contribution >= 0.6 is 0 Å². The van der Waals surface area contributed by atoms with Crippen LogP contribution in [0.15, 0.2) is 24.3 Å². The summed E-state index contributed by atoms with van der Waals surface area (Å²) < 4.78 is 13.0. The molecule has 1 aromatic rings. The maximum atomic E-state index is 13.0. The lowest BCUT2D eigenvalue weighted by Crippen LogP contribution is -2.44. The highest BCUT2D eigenvalue weighted by molar-refractivity contribution is 5.81. The summed E-state index contributed by atoms with van der Waals surface area (Å²) in [7, 11) is 0. The Morgan fingerprint density at radius 2 is 1.70 bits per heavy atom. The Balaban J connectivity index is 2.12. The highest BCUT2D eigenvalue weighted by Gasteiger charge is 2.31. The number of likely N-dealkylation sites (tertiary alicyclic amines) is 1. The Labute approximate surface area is 116 Å². The summed E-state index contributed by atoms with van der Waals surface area (Å²) in [5.74, 6) is -1.28. The van der Waals surface area contributed by atoms with Crippen molar-refractivity contribution in [3.05, 3.63) is 35.6 Å². The van der Waals surface area contributed by atoms with Crippen molar-refractivity contribution in [3.8, 4) is 0 Å². The fraction of sp³-hybridized carbons (Fsp3) is 0.429. The Kier molecular flexibility index (Phi) is 4.34. The quantitative estimate of drug-likeness (QED) is 0.843. The number of hydrogen-bond acceptors (Lipinski definition) is 3. The van der Waals surface area contributed by atoms with E-state index in [-0.39, 0.29) is 17.6 Å². The fourth-order valence-corrected chi connectivity index (χ4v) is 2.64. The zero-order chi connectivity index (χ0) is 14.7. The standard InChI is InChI=1S/C14H18FN3O2/c15-11-3-1-9(2-4-11)12(14(17)20)18-7-5-10(6-8-18)13(16)19/h1-4,10,12H,5-8H2,(H2,16,19)(H2,17,20). The summed E-state index contributed by atoms with van der Waals surface area (Å²) in [4.78, 5) is 24.7. The maximum Gasteiger partial charge on any atom is 0.239 e. The molecule has 1 aliphatic heterocycles. The minimum atomic E-state index is -0.593. The molecule has 0 radical (unpaired) electrons. The second kappa shape index (κ2) is 6.00. The number of piperidine rings is 1. The van der Waals surface area contributed by atoms with E-state index >= 15 is 0 Å². The van der Waals surface area contributed by atoms with Crippen molar-refractivity contribution in [2.75, 3.05) is 13.1 Å². The third-order valence-corrected chi connectivity index (χ3v) is 3.75. The number of carbonyl (C=O) groups is 2. The number of primary amides is 2. The number of rotatable bonds is 4. The number of nitrogens with two attached hydrogens (primary N) is 2. The summed E-state index contributed by atoms with van der Waals surface area (Å²) in [5, 5.41) is 0. The molecule has 108 valence electrons. The van der Waals surface area contributed by atoms with Crippen molar-refractivity contribution in [1.82, 2.24) is 4.90 Å². The van der Waals surface area contributed by atoms with Crippen LogP contribution in [-0.4, -0.2) is 29.8 Å². The molecule has 1 aromatic carbocycles. The molecule has 1 unspecified atom stereocenters. The largest absolute Gasteiger partial charge is 0.369 e. The molecule has 1 heterocycles. The van der Waals surface area contributed by atoms with Gasteiger partial charge in [-0.05, 0) is 43.6 Å². The van der Waals surface area contributed by atoms with E-state index in [0.717, 1.165) is 0 Å². The maximum absolute atomic E-state index is 13.0. The van der Waals surface area contributed by atoms with Gasteiger partial charge in [-0.2, -0.15) is 0 Å². The Morgan fingerprint density at radius 1 is 1.15 bits per heavy atom. The highest BCUT2D eigenvalue weighted by atomic mass is 19.1. The van der Waals surface area contributed by atoms with Crippen LogP contribution in [0.25, 0.3) is 0 Å². The first kappa shape index (κ1) is 14.5. The Hall–Kier alpha value is -1.95. The number of carbonyl (C=O) groups excluding carboxylic acids is 2. The van der Waals surface area contributed by atoms with E-state index in [2.05, 4.69) is 0 Å². The molecule has 1 aliphatic rings. The molecule has 4 N–H and O–H groups in total.